The lowest BCUT2D eigenvalue weighted by Crippen LogP contribution is -2.19. The number of hydrogen-bond donors (Lipinski definition) is 1. The Morgan fingerprint density at radius 1 is 1.04 bits per heavy atom. The summed E-state index contributed by atoms with van der Waals surface area (Å²) in [6.45, 7) is 0. The van der Waals surface area contributed by atoms with Crippen LogP contribution in [-0.4, -0.2) is 42.9 Å². The summed E-state index contributed by atoms with van der Waals surface area (Å²) in [5, 5.41) is 3.82. The van der Waals surface area contributed by atoms with Gasteiger partial charge in [-0.2, -0.15) is 18.4 Å². The first-order chi connectivity index (χ1) is 11.9. The molecule has 0 fully saturated rings. The summed E-state index contributed by atoms with van der Waals surface area (Å²) < 4.78 is 35.1. The number of anilines is 1. The first kappa shape index (κ1) is 18.6. The van der Waals surface area contributed by atoms with Crippen molar-refractivity contribution in [2.24, 2.45) is 5.10 Å². The predicted octanol–water partition coefficient (Wildman–Crippen LogP) is 2.08. The molecule has 8 heteroatoms. The SMILES string of the molecule is COc1ccc(OC)c(S(=O)(=O)N/N=C/c2ccc(N(C)C)cc2)c1. The fraction of sp³-hybridized carbons (Fsp3) is 0.235. The minimum Gasteiger partial charge on any atom is -0.497 e. The minimum atomic E-state index is -3.89. The van der Waals surface area contributed by atoms with Crippen LogP contribution in [0.25, 0.3) is 0 Å². The van der Waals surface area contributed by atoms with E-state index in [4.69, 9.17) is 9.47 Å². The van der Waals surface area contributed by atoms with Crippen LogP contribution in [0.4, 0.5) is 5.69 Å². The molecule has 2 aromatic carbocycles. The van der Waals surface area contributed by atoms with Gasteiger partial charge in [0.05, 0.1) is 20.4 Å². The molecule has 2 aromatic rings. The fourth-order valence-corrected chi connectivity index (χ4v) is 3.05. The molecule has 134 valence electrons. The molecule has 0 aromatic heterocycles. The Hall–Kier alpha value is -2.74. The number of sulfonamides is 1. The zero-order chi connectivity index (χ0) is 18.4. The number of hydrogen-bond acceptors (Lipinski definition) is 6. The molecular weight excluding hydrogens is 342 g/mol. The van der Waals surface area contributed by atoms with Crippen LogP contribution in [0.5, 0.6) is 11.5 Å². The second-order valence-electron chi connectivity index (χ2n) is 5.36. The highest BCUT2D eigenvalue weighted by atomic mass is 32.2. The summed E-state index contributed by atoms with van der Waals surface area (Å²) in [7, 11) is 2.86. The van der Waals surface area contributed by atoms with Gasteiger partial charge >= 0.3 is 0 Å². The van der Waals surface area contributed by atoms with Crippen LogP contribution in [0.1, 0.15) is 5.56 Å². The van der Waals surface area contributed by atoms with E-state index in [0.717, 1.165) is 11.3 Å². The fourth-order valence-electron chi connectivity index (χ4n) is 2.07. The molecule has 0 aliphatic heterocycles. The number of benzene rings is 2. The largest absolute Gasteiger partial charge is 0.497 e. The van der Waals surface area contributed by atoms with Crippen molar-refractivity contribution in [2.45, 2.75) is 4.90 Å². The second-order valence-corrected chi connectivity index (χ2v) is 6.98. The van der Waals surface area contributed by atoms with Crippen LogP contribution in [0, 0.1) is 0 Å². The van der Waals surface area contributed by atoms with Crippen molar-refractivity contribution in [1.29, 1.82) is 0 Å². The van der Waals surface area contributed by atoms with Crippen LogP contribution in [0.15, 0.2) is 52.5 Å². The monoisotopic (exact) mass is 363 g/mol. The van der Waals surface area contributed by atoms with E-state index in [9.17, 15) is 8.42 Å². The molecular formula is C17H21N3O4S. The Morgan fingerprint density at radius 3 is 2.28 bits per heavy atom. The Bertz CT molecular complexity index is 847. The smallest absolute Gasteiger partial charge is 0.280 e. The Balaban J connectivity index is 2.18. The number of rotatable bonds is 7. The van der Waals surface area contributed by atoms with Crippen LogP contribution < -0.4 is 19.2 Å². The summed E-state index contributed by atoms with van der Waals surface area (Å²) >= 11 is 0. The van der Waals surface area contributed by atoms with E-state index in [2.05, 4.69) is 9.93 Å². The summed E-state index contributed by atoms with van der Waals surface area (Å²) in [6, 6.07) is 12.0. The molecule has 2 rings (SSSR count). The molecule has 0 spiro atoms. The minimum absolute atomic E-state index is 0.0468. The van der Waals surface area contributed by atoms with Crippen LogP contribution in [0.2, 0.25) is 0 Å². The maximum Gasteiger partial charge on any atom is 0.280 e. The van der Waals surface area contributed by atoms with Crippen LogP contribution in [-0.2, 0) is 10.0 Å². The van der Waals surface area contributed by atoms with Gasteiger partial charge in [-0.25, -0.2) is 0 Å². The van der Waals surface area contributed by atoms with Crippen molar-refractivity contribution >= 4 is 21.9 Å². The van der Waals surface area contributed by atoms with Gasteiger partial charge in [-0.05, 0) is 29.8 Å². The van der Waals surface area contributed by atoms with Gasteiger partial charge in [-0.3, -0.25) is 0 Å². The highest BCUT2D eigenvalue weighted by Crippen LogP contribution is 2.27. The molecule has 7 nitrogen and oxygen atoms in total. The zero-order valence-electron chi connectivity index (χ0n) is 14.6. The van der Waals surface area contributed by atoms with E-state index in [1.165, 1.54) is 32.6 Å². The van der Waals surface area contributed by atoms with Crippen molar-refractivity contribution in [3.8, 4) is 11.5 Å². The maximum absolute atomic E-state index is 12.4. The van der Waals surface area contributed by atoms with Gasteiger partial charge in [0.25, 0.3) is 10.0 Å². The number of methoxy groups -OCH3 is 2. The number of nitrogens with zero attached hydrogens (tertiary/aromatic N) is 2. The third-order valence-corrected chi connectivity index (χ3v) is 4.70. The van der Waals surface area contributed by atoms with Crippen LogP contribution in [0.3, 0.4) is 0 Å². The van der Waals surface area contributed by atoms with Gasteiger partial charge in [0.2, 0.25) is 0 Å². The van der Waals surface area contributed by atoms with Gasteiger partial charge in [0.1, 0.15) is 16.4 Å². The molecule has 0 amide bonds. The summed E-state index contributed by atoms with van der Waals surface area (Å²) in [5.74, 6) is 0.614. The molecule has 1 N–H and O–H groups in total. The van der Waals surface area contributed by atoms with Crippen molar-refractivity contribution < 1.29 is 17.9 Å². The predicted molar refractivity (Wildman–Crippen MR) is 98.2 cm³/mol. The third kappa shape index (κ3) is 4.63. The Kier molecular flexibility index (Phi) is 5.87. The Labute approximate surface area is 147 Å². The maximum atomic E-state index is 12.4. The van der Waals surface area contributed by atoms with E-state index >= 15 is 0 Å². The molecule has 0 aliphatic carbocycles. The standard InChI is InChI=1S/C17H21N3O4S/c1-20(2)14-7-5-13(6-8-14)12-18-19-25(21,22)17-11-15(23-3)9-10-16(17)24-4/h5-12,19H,1-4H3/b18-12+. The van der Waals surface area contributed by atoms with E-state index in [1.54, 1.807) is 6.07 Å². The molecule has 0 aliphatic rings. The van der Waals surface area contributed by atoms with Gasteiger partial charge < -0.3 is 14.4 Å². The number of ether oxygens (including phenoxy) is 2. The quantitative estimate of drug-likeness (QED) is 0.602. The van der Waals surface area contributed by atoms with Crippen molar-refractivity contribution in [1.82, 2.24) is 4.83 Å². The topological polar surface area (TPSA) is 80.2 Å². The summed E-state index contributed by atoms with van der Waals surface area (Å²) in [4.78, 5) is 4.11. The summed E-state index contributed by atoms with van der Waals surface area (Å²) in [5.41, 5.74) is 1.81. The van der Waals surface area contributed by atoms with E-state index in [1.807, 2.05) is 43.3 Å². The molecule has 0 saturated heterocycles. The molecule has 0 heterocycles. The number of nitrogens with one attached hydrogen (secondary N) is 1. The van der Waals surface area contributed by atoms with E-state index in [-0.39, 0.29) is 10.6 Å². The molecule has 0 atom stereocenters. The van der Waals surface area contributed by atoms with E-state index < -0.39 is 10.0 Å². The van der Waals surface area contributed by atoms with Crippen molar-refractivity contribution in [2.75, 3.05) is 33.2 Å². The molecule has 0 radical (unpaired) electrons. The lowest BCUT2D eigenvalue weighted by molar-refractivity contribution is 0.392. The van der Waals surface area contributed by atoms with Gasteiger partial charge in [-0.15, -0.1) is 0 Å². The zero-order valence-corrected chi connectivity index (χ0v) is 15.4. The highest BCUT2D eigenvalue weighted by molar-refractivity contribution is 7.89. The first-order valence-corrected chi connectivity index (χ1v) is 8.90. The Morgan fingerprint density at radius 2 is 1.72 bits per heavy atom. The lowest BCUT2D eigenvalue weighted by Gasteiger charge is -2.12. The third-order valence-electron chi connectivity index (χ3n) is 3.46. The normalized spacial score (nSPS) is 11.4. The van der Waals surface area contributed by atoms with Gasteiger partial charge in [0, 0.05) is 25.8 Å². The lowest BCUT2D eigenvalue weighted by atomic mass is 10.2. The number of hydrazone groups is 1. The first-order valence-electron chi connectivity index (χ1n) is 7.41. The van der Waals surface area contributed by atoms with Crippen LogP contribution >= 0.6 is 0 Å². The van der Waals surface area contributed by atoms with Crippen molar-refractivity contribution in [3.63, 3.8) is 0 Å². The molecule has 25 heavy (non-hydrogen) atoms. The summed E-state index contributed by atoms with van der Waals surface area (Å²) in [6.07, 6.45) is 1.43. The second kappa shape index (κ2) is 7.89. The molecule has 0 saturated carbocycles. The van der Waals surface area contributed by atoms with Crippen molar-refractivity contribution in [3.05, 3.63) is 48.0 Å². The average molecular weight is 363 g/mol. The van der Waals surface area contributed by atoms with Gasteiger partial charge in [0.15, 0.2) is 0 Å². The van der Waals surface area contributed by atoms with Gasteiger partial charge in [-0.1, -0.05) is 12.1 Å². The molecule has 0 unspecified atom stereocenters. The average Bonchev–Trinajstić information content (AvgIpc) is 2.61. The van der Waals surface area contributed by atoms with E-state index in [0.29, 0.717) is 5.75 Å². The highest BCUT2D eigenvalue weighted by Gasteiger charge is 2.19. The molecule has 0 bridgehead atoms.